The van der Waals surface area contributed by atoms with Gasteiger partial charge in [-0.2, -0.15) is 0 Å². The summed E-state index contributed by atoms with van der Waals surface area (Å²) in [6.45, 7) is 4.88. The molecule has 0 aliphatic carbocycles. The predicted molar refractivity (Wildman–Crippen MR) is 55.4 cm³/mol. The van der Waals surface area contributed by atoms with E-state index in [0.29, 0.717) is 6.04 Å². The van der Waals surface area contributed by atoms with E-state index in [-0.39, 0.29) is 0 Å². The Labute approximate surface area is 76.6 Å². The molecule has 0 amide bonds. The largest absolute Gasteiger partial charge is 0.317 e. The summed E-state index contributed by atoms with van der Waals surface area (Å²) in [7, 11) is 6.25. The lowest BCUT2D eigenvalue weighted by molar-refractivity contribution is 0.358. The van der Waals surface area contributed by atoms with Gasteiger partial charge < -0.3 is 10.2 Å². The number of allylic oxidation sites excluding steroid dienone is 1. The summed E-state index contributed by atoms with van der Waals surface area (Å²) in [6, 6.07) is 0.644. The first-order valence-corrected chi connectivity index (χ1v) is 4.63. The van der Waals surface area contributed by atoms with Crippen molar-refractivity contribution in [3.8, 4) is 0 Å². The molecule has 0 rings (SSSR count). The van der Waals surface area contributed by atoms with E-state index in [1.807, 2.05) is 13.1 Å². The number of rotatable bonds is 7. The second-order valence-electron chi connectivity index (χ2n) is 3.44. The van der Waals surface area contributed by atoms with Gasteiger partial charge in [-0.3, -0.25) is 0 Å². The standard InChI is InChI=1S/C10H22N2/c1-5-6-7-10(11-2)8-9-12(3)4/h5,10-11H,1,6-9H2,2-4H3. The maximum absolute atomic E-state index is 3.72. The van der Waals surface area contributed by atoms with E-state index in [9.17, 15) is 0 Å². The van der Waals surface area contributed by atoms with Gasteiger partial charge >= 0.3 is 0 Å². The van der Waals surface area contributed by atoms with Crippen molar-refractivity contribution in [2.45, 2.75) is 25.3 Å². The summed E-state index contributed by atoms with van der Waals surface area (Å²) < 4.78 is 0. The molecule has 1 atom stereocenters. The molecule has 0 spiro atoms. The first-order chi connectivity index (χ1) is 5.70. The Balaban J connectivity index is 3.45. The predicted octanol–water partition coefficient (Wildman–Crippen LogP) is 1.49. The molecule has 2 heteroatoms. The number of hydrogen-bond acceptors (Lipinski definition) is 2. The Morgan fingerprint density at radius 2 is 2.08 bits per heavy atom. The van der Waals surface area contributed by atoms with Crippen LogP contribution in [0.25, 0.3) is 0 Å². The van der Waals surface area contributed by atoms with Crippen LogP contribution in [-0.2, 0) is 0 Å². The zero-order chi connectivity index (χ0) is 9.40. The minimum atomic E-state index is 0.644. The molecule has 12 heavy (non-hydrogen) atoms. The van der Waals surface area contributed by atoms with Crippen LogP contribution in [0.15, 0.2) is 12.7 Å². The fraction of sp³-hybridized carbons (Fsp3) is 0.800. The summed E-state index contributed by atoms with van der Waals surface area (Å²) in [5.74, 6) is 0. The first-order valence-electron chi connectivity index (χ1n) is 4.63. The SMILES string of the molecule is C=CCCC(CCN(C)C)NC. The average Bonchev–Trinajstić information content (AvgIpc) is 2.05. The molecular formula is C10H22N2. The fourth-order valence-corrected chi connectivity index (χ4v) is 1.17. The molecule has 0 fully saturated rings. The highest BCUT2D eigenvalue weighted by Gasteiger charge is 2.04. The topological polar surface area (TPSA) is 15.3 Å². The summed E-state index contributed by atoms with van der Waals surface area (Å²) in [5.41, 5.74) is 0. The summed E-state index contributed by atoms with van der Waals surface area (Å²) in [4.78, 5) is 2.22. The van der Waals surface area contributed by atoms with E-state index >= 15 is 0 Å². The first kappa shape index (κ1) is 11.7. The van der Waals surface area contributed by atoms with E-state index in [0.717, 1.165) is 13.0 Å². The van der Waals surface area contributed by atoms with Crippen LogP contribution in [0, 0.1) is 0 Å². The van der Waals surface area contributed by atoms with Gasteiger partial charge in [-0.25, -0.2) is 0 Å². The molecule has 0 aromatic carbocycles. The lowest BCUT2D eigenvalue weighted by Gasteiger charge is -2.17. The monoisotopic (exact) mass is 170 g/mol. The van der Waals surface area contributed by atoms with Crippen LogP contribution in [0.5, 0.6) is 0 Å². The molecule has 0 saturated carbocycles. The van der Waals surface area contributed by atoms with Crippen LogP contribution in [0.3, 0.4) is 0 Å². The maximum atomic E-state index is 3.72. The van der Waals surface area contributed by atoms with Crippen LogP contribution in [0.2, 0.25) is 0 Å². The van der Waals surface area contributed by atoms with Gasteiger partial charge in [0.25, 0.3) is 0 Å². The number of hydrogen-bond donors (Lipinski definition) is 1. The Bertz CT molecular complexity index is 110. The zero-order valence-electron chi connectivity index (χ0n) is 8.64. The Kier molecular flexibility index (Phi) is 7.11. The highest BCUT2D eigenvalue weighted by Crippen LogP contribution is 2.02. The summed E-state index contributed by atoms with van der Waals surface area (Å²) in [5, 5.41) is 3.32. The fourth-order valence-electron chi connectivity index (χ4n) is 1.17. The molecular weight excluding hydrogens is 148 g/mol. The number of nitrogens with zero attached hydrogens (tertiary/aromatic N) is 1. The molecule has 72 valence electrons. The summed E-state index contributed by atoms with van der Waals surface area (Å²) in [6.07, 6.45) is 5.52. The molecule has 0 aromatic rings. The van der Waals surface area contributed by atoms with Gasteiger partial charge in [-0.15, -0.1) is 6.58 Å². The van der Waals surface area contributed by atoms with Crippen molar-refractivity contribution in [1.82, 2.24) is 10.2 Å². The van der Waals surface area contributed by atoms with Crippen molar-refractivity contribution in [2.24, 2.45) is 0 Å². The third-order valence-electron chi connectivity index (χ3n) is 2.05. The molecule has 0 aromatic heterocycles. The van der Waals surface area contributed by atoms with Gasteiger partial charge in [0.2, 0.25) is 0 Å². The second kappa shape index (κ2) is 7.32. The minimum absolute atomic E-state index is 0.644. The van der Waals surface area contributed by atoms with Crippen molar-refractivity contribution in [2.75, 3.05) is 27.7 Å². The molecule has 2 nitrogen and oxygen atoms in total. The molecule has 1 N–H and O–H groups in total. The van der Waals surface area contributed by atoms with Crippen molar-refractivity contribution in [3.63, 3.8) is 0 Å². The average molecular weight is 170 g/mol. The highest BCUT2D eigenvalue weighted by atomic mass is 15.1. The summed E-state index contributed by atoms with van der Waals surface area (Å²) >= 11 is 0. The van der Waals surface area contributed by atoms with E-state index in [1.165, 1.54) is 12.8 Å². The third-order valence-corrected chi connectivity index (χ3v) is 2.05. The van der Waals surface area contributed by atoms with E-state index < -0.39 is 0 Å². The van der Waals surface area contributed by atoms with Gasteiger partial charge in [0.15, 0.2) is 0 Å². The Morgan fingerprint density at radius 1 is 1.42 bits per heavy atom. The molecule has 0 aliphatic heterocycles. The molecule has 0 bridgehead atoms. The van der Waals surface area contributed by atoms with Crippen molar-refractivity contribution >= 4 is 0 Å². The highest BCUT2D eigenvalue weighted by molar-refractivity contribution is 4.73. The van der Waals surface area contributed by atoms with Crippen LogP contribution >= 0.6 is 0 Å². The van der Waals surface area contributed by atoms with Crippen LogP contribution in [0.1, 0.15) is 19.3 Å². The normalized spacial score (nSPS) is 13.3. The van der Waals surface area contributed by atoms with Gasteiger partial charge in [0.1, 0.15) is 0 Å². The Hall–Kier alpha value is -0.340. The molecule has 0 aliphatic rings. The number of nitrogens with one attached hydrogen (secondary N) is 1. The van der Waals surface area contributed by atoms with Crippen LogP contribution < -0.4 is 5.32 Å². The van der Waals surface area contributed by atoms with Crippen molar-refractivity contribution < 1.29 is 0 Å². The second-order valence-corrected chi connectivity index (χ2v) is 3.44. The lowest BCUT2D eigenvalue weighted by Crippen LogP contribution is -2.29. The molecule has 1 unspecified atom stereocenters. The van der Waals surface area contributed by atoms with Crippen LogP contribution in [0.4, 0.5) is 0 Å². The van der Waals surface area contributed by atoms with Gasteiger partial charge in [-0.1, -0.05) is 6.08 Å². The molecule has 0 heterocycles. The van der Waals surface area contributed by atoms with Gasteiger partial charge in [0.05, 0.1) is 0 Å². The minimum Gasteiger partial charge on any atom is -0.317 e. The van der Waals surface area contributed by atoms with E-state index in [1.54, 1.807) is 0 Å². The maximum Gasteiger partial charge on any atom is 0.00791 e. The quantitative estimate of drug-likeness (QED) is 0.582. The smallest absolute Gasteiger partial charge is 0.00791 e. The van der Waals surface area contributed by atoms with Gasteiger partial charge in [0, 0.05) is 6.04 Å². The zero-order valence-corrected chi connectivity index (χ0v) is 8.64. The van der Waals surface area contributed by atoms with Crippen molar-refractivity contribution in [1.29, 1.82) is 0 Å². The molecule has 0 saturated heterocycles. The van der Waals surface area contributed by atoms with E-state index in [2.05, 4.69) is 30.9 Å². The van der Waals surface area contributed by atoms with Gasteiger partial charge in [-0.05, 0) is 47.0 Å². The lowest BCUT2D eigenvalue weighted by atomic mass is 10.1. The Morgan fingerprint density at radius 3 is 2.50 bits per heavy atom. The molecule has 0 radical (unpaired) electrons. The van der Waals surface area contributed by atoms with E-state index in [4.69, 9.17) is 0 Å². The van der Waals surface area contributed by atoms with Crippen LogP contribution in [-0.4, -0.2) is 38.6 Å². The third kappa shape index (κ3) is 6.38. The van der Waals surface area contributed by atoms with Crippen molar-refractivity contribution in [3.05, 3.63) is 12.7 Å².